The molecule has 9 heteroatoms. The van der Waals surface area contributed by atoms with Crippen molar-refractivity contribution >= 4 is 16.0 Å². The number of hydrogen-bond donors (Lipinski definition) is 0. The highest BCUT2D eigenvalue weighted by molar-refractivity contribution is 7.89. The zero-order valence-corrected chi connectivity index (χ0v) is 17.8. The summed E-state index contributed by atoms with van der Waals surface area (Å²) in [5.41, 5.74) is 0.853. The maximum atomic E-state index is 12.8. The van der Waals surface area contributed by atoms with Crippen molar-refractivity contribution in [3.8, 4) is 11.5 Å². The summed E-state index contributed by atoms with van der Waals surface area (Å²) in [4.78, 5) is 12.6. The third-order valence-electron chi connectivity index (χ3n) is 4.68. The Labute approximate surface area is 176 Å². The highest BCUT2D eigenvalue weighted by Crippen LogP contribution is 2.21. The number of sulfonamides is 1. The van der Waals surface area contributed by atoms with Gasteiger partial charge in [0.2, 0.25) is 10.0 Å². The van der Waals surface area contributed by atoms with Crippen LogP contribution in [0, 0.1) is 6.92 Å². The first-order valence-corrected chi connectivity index (χ1v) is 11.0. The van der Waals surface area contributed by atoms with Gasteiger partial charge in [-0.2, -0.15) is 4.31 Å². The number of morpholine rings is 1. The van der Waals surface area contributed by atoms with Crippen LogP contribution in [0.25, 0.3) is 0 Å². The lowest BCUT2D eigenvalue weighted by atomic mass is 10.1. The number of carbonyl (C=O) groups excluding carboxylic acids is 1. The van der Waals surface area contributed by atoms with Crippen molar-refractivity contribution in [1.29, 1.82) is 0 Å². The van der Waals surface area contributed by atoms with Crippen LogP contribution in [0.2, 0.25) is 0 Å². The van der Waals surface area contributed by atoms with Crippen molar-refractivity contribution in [2.45, 2.75) is 11.8 Å². The van der Waals surface area contributed by atoms with E-state index in [2.05, 4.69) is 0 Å². The van der Waals surface area contributed by atoms with Crippen LogP contribution < -0.4 is 9.47 Å². The van der Waals surface area contributed by atoms with Crippen molar-refractivity contribution in [3.63, 3.8) is 0 Å². The standard InChI is InChI=1S/C21H25NO7S/c1-16-3-8-19(30(24,25)22-9-11-27-12-10-22)15-20(16)21(23)29-14-13-28-18-6-4-17(26-2)5-7-18/h3-8,15H,9-14H2,1-2H3. The normalized spacial score (nSPS) is 14.9. The lowest BCUT2D eigenvalue weighted by Crippen LogP contribution is -2.40. The number of hydrogen-bond acceptors (Lipinski definition) is 7. The van der Waals surface area contributed by atoms with E-state index in [1.807, 2.05) is 0 Å². The van der Waals surface area contributed by atoms with Crippen molar-refractivity contribution < 1.29 is 32.2 Å². The number of carbonyl (C=O) groups is 1. The predicted molar refractivity (Wildman–Crippen MR) is 110 cm³/mol. The van der Waals surface area contributed by atoms with Gasteiger partial charge in [0.1, 0.15) is 24.7 Å². The average Bonchev–Trinajstić information content (AvgIpc) is 2.77. The van der Waals surface area contributed by atoms with E-state index in [9.17, 15) is 13.2 Å². The van der Waals surface area contributed by atoms with Gasteiger partial charge in [0.05, 0.1) is 30.8 Å². The van der Waals surface area contributed by atoms with Gasteiger partial charge in [-0.3, -0.25) is 0 Å². The van der Waals surface area contributed by atoms with Gasteiger partial charge in [-0.25, -0.2) is 13.2 Å². The Morgan fingerprint density at radius 1 is 1.03 bits per heavy atom. The summed E-state index contributed by atoms with van der Waals surface area (Å²) in [5.74, 6) is 0.752. The first-order valence-electron chi connectivity index (χ1n) is 9.54. The molecule has 0 bridgehead atoms. The first kappa shape index (κ1) is 22.1. The van der Waals surface area contributed by atoms with Crippen LogP contribution >= 0.6 is 0 Å². The quantitative estimate of drug-likeness (QED) is 0.464. The molecular weight excluding hydrogens is 410 g/mol. The van der Waals surface area contributed by atoms with Crippen LogP contribution in [-0.2, 0) is 19.5 Å². The first-order chi connectivity index (χ1) is 14.4. The van der Waals surface area contributed by atoms with Crippen molar-refractivity contribution in [2.75, 3.05) is 46.6 Å². The molecule has 3 rings (SSSR count). The van der Waals surface area contributed by atoms with Gasteiger partial charge in [0.15, 0.2) is 0 Å². The Morgan fingerprint density at radius 2 is 1.70 bits per heavy atom. The maximum absolute atomic E-state index is 12.8. The molecule has 0 N–H and O–H groups in total. The fraction of sp³-hybridized carbons (Fsp3) is 0.381. The van der Waals surface area contributed by atoms with Crippen LogP contribution in [0.4, 0.5) is 0 Å². The molecule has 0 spiro atoms. The minimum absolute atomic E-state index is 0.0325. The molecule has 0 unspecified atom stereocenters. The predicted octanol–water partition coefficient (Wildman–Crippen LogP) is 2.26. The van der Waals surface area contributed by atoms with E-state index in [4.69, 9.17) is 18.9 Å². The number of esters is 1. The lowest BCUT2D eigenvalue weighted by molar-refractivity contribution is 0.0449. The van der Waals surface area contributed by atoms with E-state index in [-0.39, 0.29) is 23.7 Å². The van der Waals surface area contributed by atoms with E-state index < -0.39 is 16.0 Å². The highest BCUT2D eigenvalue weighted by atomic mass is 32.2. The third kappa shape index (κ3) is 5.29. The molecule has 0 atom stereocenters. The molecule has 0 amide bonds. The fourth-order valence-corrected chi connectivity index (χ4v) is 4.40. The van der Waals surface area contributed by atoms with Gasteiger partial charge >= 0.3 is 5.97 Å². The Morgan fingerprint density at radius 3 is 2.37 bits per heavy atom. The molecule has 1 fully saturated rings. The third-order valence-corrected chi connectivity index (χ3v) is 6.58. The monoisotopic (exact) mass is 435 g/mol. The van der Waals surface area contributed by atoms with Crippen LogP contribution in [0.15, 0.2) is 47.4 Å². The Hall–Kier alpha value is -2.62. The summed E-state index contributed by atoms with van der Waals surface area (Å²) in [6.07, 6.45) is 0. The zero-order chi connectivity index (χ0) is 21.6. The summed E-state index contributed by atoms with van der Waals surface area (Å²) in [7, 11) is -2.11. The van der Waals surface area contributed by atoms with Gasteiger partial charge in [-0.15, -0.1) is 0 Å². The summed E-state index contributed by atoms with van der Waals surface area (Å²) in [5, 5.41) is 0. The van der Waals surface area contributed by atoms with E-state index in [0.717, 1.165) is 5.75 Å². The Kier molecular flexibility index (Phi) is 7.30. The second-order valence-corrected chi connectivity index (χ2v) is 8.59. The van der Waals surface area contributed by atoms with E-state index in [0.29, 0.717) is 37.6 Å². The van der Waals surface area contributed by atoms with Gasteiger partial charge in [-0.1, -0.05) is 6.07 Å². The SMILES string of the molecule is COc1ccc(OCCOC(=O)c2cc(S(=O)(=O)N3CCOCC3)ccc2C)cc1. The highest BCUT2D eigenvalue weighted by Gasteiger charge is 2.27. The van der Waals surface area contributed by atoms with Gasteiger partial charge in [0.25, 0.3) is 0 Å². The summed E-state index contributed by atoms with van der Waals surface area (Å²) >= 11 is 0. The summed E-state index contributed by atoms with van der Waals surface area (Å²) in [6.45, 7) is 3.23. The topological polar surface area (TPSA) is 91.4 Å². The number of methoxy groups -OCH3 is 1. The summed E-state index contributed by atoms with van der Waals surface area (Å²) in [6, 6.07) is 11.5. The zero-order valence-electron chi connectivity index (χ0n) is 17.0. The molecule has 162 valence electrons. The molecule has 2 aromatic carbocycles. The molecular formula is C21H25NO7S. The van der Waals surface area contributed by atoms with E-state index in [1.165, 1.54) is 16.4 Å². The number of rotatable bonds is 8. The average molecular weight is 435 g/mol. The van der Waals surface area contributed by atoms with Crippen LogP contribution in [0.3, 0.4) is 0 Å². The molecule has 0 saturated carbocycles. The second kappa shape index (κ2) is 9.92. The number of aryl methyl sites for hydroxylation is 1. The molecule has 1 saturated heterocycles. The van der Waals surface area contributed by atoms with Crippen LogP contribution in [0.1, 0.15) is 15.9 Å². The van der Waals surface area contributed by atoms with Crippen LogP contribution in [0.5, 0.6) is 11.5 Å². The van der Waals surface area contributed by atoms with Gasteiger partial charge in [0, 0.05) is 13.1 Å². The van der Waals surface area contributed by atoms with Crippen molar-refractivity contribution in [3.05, 3.63) is 53.6 Å². The number of nitrogens with zero attached hydrogens (tertiary/aromatic N) is 1. The van der Waals surface area contributed by atoms with Crippen molar-refractivity contribution in [2.24, 2.45) is 0 Å². The molecule has 1 aliphatic rings. The molecule has 2 aromatic rings. The Bertz CT molecular complexity index is 967. The molecule has 1 heterocycles. The lowest BCUT2D eigenvalue weighted by Gasteiger charge is -2.26. The molecule has 30 heavy (non-hydrogen) atoms. The molecule has 8 nitrogen and oxygen atoms in total. The smallest absolute Gasteiger partial charge is 0.338 e. The second-order valence-electron chi connectivity index (χ2n) is 6.65. The maximum Gasteiger partial charge on any atom is 0.338 e. The van der Waals surface area contributed by atoms with Gasteiger partial charge in [-0.05, 0) is 48.9 Å². The minimum Gasteiger partial charge on any atom is -0.497 e. The fourth-order valence-electron chi connectivity index (χ4n) is 2.96. The number of benzene rings is 2. The van der Waals surface area contributed by atoms with Crippen molar-refractivity contribution in [1.82, 2.24) is 4.31 Å². The molecule has 0 aliphatic carbocycles. The minimum atomic E-state index is -3.69. The van der Waals surface area contributed by atoms with E-state index >= 15 is 0 Å². The molecule has 0 radical (unpaired) electrons. The summed E-state index contributed by atoms with van der Waals surface area (Å²) < 4.78 is 48.1. The molecule has 0 aromatic heterocycles. The largest absolute Gasteiger partial charge is 0.497 e. The van der Waals surface area contributed by atoms with E-state index in [1.54, 1.807) is 44.4 Å². The van der Waals surface area contributed by atoms with Gasteiger partial charge < -0.3 is 18.9 Å². The number of ether oxygens (including phenoxy) is 4. The Balaban J connectivity index is 1.60. The molecule has 1 aliphatic heterocycles. The van der Waals surface area contributed by atoms with Crippen LogP contribution in [-0.4, -0.2) is 65.3 Å².